The average Bonchev–Trinajstić information content (AvgIpc) is 3.43. The van der Waals surface area contributed by atoms with Crippen LogP contribution in [0.15, 0.2) is 36.7 Å². The summed E-state index contributed by atoms with van der Waals surface area (Å²) in [5, 5.41) is 12.9. The number of benzene rings is 1. The van der Waals surface area contributed by atoms with Gasteiger partial charge < -0.3 is 29.6 Å². The van der Waals surface area contributed by atoms with Crippen LogP contribution >= 0.6 is 7.75 Å². The number of hydrogen-bond acceptors (Lipinski definition) is 12. The number of fused-ring (bicyclic) bond motifs is 1. The Morgan fingerprint density at radius 2 is 1.93 bits per heavy atom. The van der Waals surface area contributed by atoms with Crippen LogP contribution in [-0.4, -0.2) is 74.6 Å². The monoisotopic (exact) mass is 656 g/mol. The molecule has 2 aromatic heterocycles. The molecule has 5 atom stereocenters. The van der Waals surface area contributed by atoms with E-state index in [-0.39, 0.29) is 41.5 Å². The molecule has 248 valence electrons. The molecule has 1 aromatic carbocycles. The van der Waals surface area contributed by atoms with Crippen LogP contribution < -0.4 is 20.1 Å². The van der Waals surface area contributed by atoms with Gasteiger partial charge >= 0.3 is 13.7 Å². The van der Waals surface area contributed by atoms with Crippen LogP contribution in [0.2, 0.25) is 0 Å². The van der Waals surface area contributed by atoms with Gasteiger partial charge in [-0.3, -0.25) is 13.9 Å². The Kier molecular flexibility index (Phi) is 11.7. The van der Waals surface area contributed by atoms with Gasteiger partial charge in [0.2, 0.25) is 11.8 Å². The molecular formula is C28H39F2N6O8P. The smallest absolute Gasteiger partial charge is 0.459 e. The van der Waals surface area contributed by atoms with Gasteiger partial charge in [0.05, 0.1) is 12.9 Å². The SMILES string of the molecule is CCOc1nc(N)nc2c1ncn2[C@H](CF)O[C@](F)(COP(=O)(NC(C)C(=O)OC1CCCCC1)Oc1ccccc1)[C@H](C)O. The summed E-state index contributed by atoms with van der Waals surface area (Å²) in [4.78, 5) is 25.0. The molecule has 0 amide bonds. The van der Waals surface area contributed by atoms with E-state index >= 15 is 4.39 Å². The molecule has 1 fully saturated rings. The van der Waals surface area contributed by atoms with Gasteiger partial charge in [0, 0.05) is 0 Å². The molecule has 0 aliphatic heterocycles. The van der Waals surface area contributed by atoms with E-state index in [1.165, 1.54) is 19.1 Å². The number of nitrogens with zero attached hydrogens (tertiary/aromatic N) is 4. The van der Waals surface area contributed by atoms with Crippen molar-refractivity contribution in [2.24, 2.45) is 0 Å². The largest absolute Gasteiger partial charge is 0.476 e. The van der Waals surface area contributed by atoms with Crippen molar-refractivity contribution in [1.82, 2.24) is 24.6 Å². The third-order valence-corrected chi connectivity index (χ3v) is 8.65. The quantitative estimate of drug-likeness (QED) is 0.146. The van der Waals surface area contributed by atoms with Crippen LogP contribution in [0, 0.1) is 0 Å². The van der Waals surface area contributed by atoms with E-state index in [4.69, 9.17) is 29.0 Å². The van der Waals surface area contributed by atoms with Gasteiger partial charge in [-0.15, -0.1) is 0 Å². The minimum Gasteiger partial charge on any atom is -0.476 e. The number of para-hydroxylation sites is 1. The molecular weight excluding hydrogens is 617 g/mol. The van der Waals surface area contributed by atoms with Crippen molar-refractivity contribution in [3.63, 3.8) is 0 Å². The maximum Gasteiger partial charge on any atom is 0.459 e. The zero-order valence-corrected chi connectivity index (χ0v) is 26.2. The number of ether oxygens (including phenoxy) is 3. The van der Waals surface area contributed by atoms with Crippen LogP contribution in [0.1, 0.15) is 59.1 Å². The molecule has 1 aliphatic carbocycles. The van der Waals surface area contributed by atoms with E-state index in [1.54, 1.807) is 25.1 Å². The van der Waals surface area contributed by atoms with Crippen LogP contribution in [0.3, 0.4) is 0 Å². The van der Waals surface area contributed by atoms with Crippen LogP contribution in [0.5, 0.6) is 11.6 Å². The third kappa shape index (κ3) is 8.85. The third-order valence-electron chi connectivity index (χ3n) is 7.03. The molecule has 17 heteroatoms. The van der Waals surface area contributed by atoms with E-state index in [2.05, 4.69) is 20.0 Å². The maximum atomic E-state index is 16.3. The Balaban J connectivity index is 1.55. The Morgan fingerprint density at radius 3 is 2.58 bits per heavy atom. The maximum absolute atomic E-state index is 16.3. The van der Waals surface area contributed by atoms with Crippen molar-refractivity contribution in [3.05, 3.63) is 36.7 Å². The summed E-state index contributed by atoms with van der Waals surface area (Å²) in [6.07, 6.45) is 1.54. The number of anilines is 1. The predicted molar refractivity (Wildman–Crippen MR) is 159 cm³/mol. The fraction of sp³-hybridized carbons (Fsp3) is 0.571. The lowest BCUT2D eigenvalue weighted by molar-refractivity contribution is -0.259. The van der Waals surface area contributed by atoms with Crippen molar-refractivity contribution in [2.75, 3.05) is 25.6 Å². The van der Waals surface area contributed by atoms with Crippen molar-refractivity contribution >= 4 is 30.8 Å². The zero-order chi connectivity index (χ0) is 32.6. The van der Waals surface area contributed by atoms with Crippen molar-refractivity contribution in [2.45, 2.75) is 83.2 Å². The normalized spacial score (nSPS) is 18.8. The summed E-state index contributed by atoms with van der Waals surface area (Å²) in [6.45, 7) is 1.86. The average molecular weight is 657 g/mol. The first-order valence-electron chi connectivity index (χ1n) is 14.7. The molecule has 4 rings (SSSR count). The number of nitrogens with one attached hydrogen (secondary N) is 1. The van der Waals surface area contributed by atoms with Gasteiger partial charge in [-0.25, -0.2) is 18.3 Å². The second kappa shape index (κ2) is 15.2. The number of nitrogen functional groups attached to an aromatic ring is 1. The summed E-state index contributed by atoms with van der Waals surface area (Å²) in [7, 11) is -4.56. The van der Waals surface area contributed by atoms with Crippen molar-refractivity contribution in [3.8, 4) is 11.6 Å². The second-order valence-electron chi connectivity index (χ2n) is 10.6. The number of nitrogens with two attached hydrogens (primary N) is 1. The van der Waals surface area contributed by atoms with Crippen LogP contribution in [0.4, 0.5) is 14.7 Å². The number of aliphatic hydroxyl groups excluding tert-OH is 1. The molecule has 2 unspecified atom stereocenters. The molecule has 0 saturated heterocycles. The van der Waals surface area contributed by atoms with E-state index < -0.39 is 51.2 Å². The number of carbonyl (C=O) groups excluding carboxylic acids is 1. The van der Waals surface area contributed by atoms with E-state index in [9.17, 15) is 18.9 Å². The Labute approximate surface area is 259 Å². The molecule has 0 spiro atoms. The standard InChI is InChI=1S/C28H39F2N6O8P/c1-4-40-25-23-24(33-27(31)34-25)36(17-32-23)22(15-29)43-28(30,19(3)37)16-41-45(39,44-21-13-9-6-10-14-21)35-18(2)26(38)42-20-11-7-5-8-12-20/h6,9-10,13-14,17-20,22,37H,4-5,7-8,11-12,15-16H2,1-3H3,(H,35,39)(H2,31,33,34)/t18?,19-,22-,28+,45?/m0/s1. The number of imidazole rings is 1. The number of esters is 1. The van der Waals surface area contributed by atoms with Crippen LogP contribution in [0.25, 0.3) is 11.2 Å². The number of halogens is 2. The summed E-state index contributed by atoms with van der Waals surface area (Å²) >= 11 is 0. The number of rotatable bonds is 16. The van der Waals surface area contributed by atoms with Gasteiger partial charge in [0.1, 0.15) is 37.3 Å². The van der Waals surface area contributed by atoms with E-state index in [1.807, 2.05) is 0 Å². The minimum absolute atomic E-state index is 0.0208. The van der Waals surface area contributed by atoms with E-state index in [0.29, 0.717) is 0 Å². The van der Waals surface area contributed by atoms with Crippen molar-refractivity contribution in [1.29, 1.82) is 0 Å². The molecule has 1 saturated carbocycles. The first-order chi connectivity index (χ1) is 21.5. The van der Waals surface area contributed by atoms with E-state index in [0.717, 1.165) is 49.9 Å². The number of aliphatic hydroxyl groups is 1. The minimum atomic E-state index is -4.56. The summed E-state index contributed by atoms with van der Waals surface area (Å²) in [5.41, 5.74) is 5.87. The fourth-order valence-corrected chi connectivity index (χ4v) is 6.12. The molecule has 3 aromatic rings. The highest BCUT2D eigenvalue weighted by atomic mass is 31.2. The molecule has 0 bridgehead atoms. The van der Waals surface area contributed by atoms with Gasteiger partial charge in [0.15, 0.2) is 17.4 Å². The Morgan fingerprint density at radius 1 is 1.22 bits per heavy atom. The summed E-state index contributed by atoms with van der Waals surface area (Å²) in [5.74, 6) is -3.95. The first kappa shape index (κ1) is 34.4. The molecule has 0 radical (unpaired) electrons. The Hall–Kier alpha value is -3.43. The molecule has 4 N–H and O–H groups in total. The highest BCUT2D eigenvalue weighted by molar-refractivity contribution is 7.52. The van der Waals surface area contributed by atoms with Gasteiger partial charge in [0.25, 0.3) is 5.85 Å². The number of alkyl halides is 2. The predicted octanol–water partition coefficient (Wildman–Crippen LogP) is 4.40. The lowest BCUT2D eigenvalue weighted by atomic mass is 9.98. The first-order valence-corrected chi connectivity index (χ1v) is 16.2. The number of hydrogen-bond donors (Lipinski definition) is 3. The van der Waals surface area contributed by atoms with Crippen molar-refractivity contribution < 1.29 is 46.5 Å². The lowest BCUT2D eigenvalue weighted by Crippen LogP contribution is -2.46. The van der Waals surface area contributed by atoms with Gasteiger partial charge in [-0.2, -0.15) is 15.1 Å². The Bertz CT molecular complexity index is 1460. The highest BCUT2D eigenvalue weighted by Gasteiger charge is 2.45. The zero-order valence-electron chi connectivity index (χ0n) is 25.3. The van der Waals surface area contributed by atoms with Crippen LogP contribution in [-0.2, 0) is 23.4 Å². The summed E-state index contributed by atoms with van der Waals surface area (Å²) < 4.78 is 73.1. The number of aromatic nitrogens is 4. The second-order valence-corrected chi connectivity index (χ2v) is 12.2. The molecule has 45 heavy (non-hydrogen) atoms. The fourth-order valence-electron chi connectivity index (χ4n) is 4.62. The van der Waals surface area contributed by atoms with Gasteiger partial charge in [-0.1, -0.05) is 24.6 Å². The topological polar surface area (TPSA) is 182 Å². The summed E-state index contributed by atoms with van der Waals surface area (Å²) in [6, 6.07) is 6.66. The lowest BCUT2D eigenvalue weighted by Gasteiger charge is -2.33. The molecule has 2 heterocycles. The van der Waals surface area contributed by atoms with Gasteiger partial charge in [-0.05, 0) is 58.6 Å². The molecule has 1 aliphatic rings. The molecule has 14 nitrogen and oxygen atoms in total. The highest BCUT2D eigenvalue weighted by Crippen LogP contribution is 2.46. The number of carbonyl (C=O) groups is 1.